The summed E-state index contributed by atoms with van der Waals surface area (Å²) in [5, 5.41) is 1.62. The van der Waals surface area contributed by atoms with Crippen molar-refractivity contribution < 1.29 is 9.53 Å². The van der Waals surface area contributed by atoms with Crippen molar-refractivity contribution in [3.8, 4) is 16.9 Å². The lowest BCUT2D eigenvalue weighted by atomic mass is 9.99. The molecule has 166 valence electrons. The lowest BCUT2D eigenvalue weighted by molar-refractivity contribution is -0.138. The number of aromatic amines is 1. The fourth-order valence-electron chi connectivity index (χ4n) is 4.76. The van der Waals surface area contributed by atoms with Gasteiger partial charge < -0.3 is 19.5 Å². The molecule has 8 heteroatoms. The van der Waals surface area contributed by atoms with Crippen molar-refractivity contribution in [2.75, 3.05) is 31.1 Å². The molecule has 4 aromatic rings. The second-order valence-corrected chi connectivity index (χ2v) is 8.79. The molecule has 3 aromatic heterocycles. The van der Waals surface area contributed by atoms with Crippen molar-refractivity contribution in [2.45, 2.75) is 12.5 Å². The Bertz CT molecular complexity index is 1330. The van der Waals surface area contributed by atoms with Gasteiger partial charge >= 0.3 is 0 Å². The predicted molar refractivity (Wildman–Crippen MR) is 128 cm³/mol. The Labute approximate surface area is 196 Å². The number of fused-ring (bicyclic) bond motifs is 2. The van der Waals surface area contributed by atoms with Gasteiger partial charge in [-0.2, -0.15) is 0 Å². The zero-order valence-corrected chi connectivity index (χ0v) is 18.6. The summed E-state index contributed by atoms with van der Waals surface area (Å²) < 4.78 is 6.29. The van der Waals surface area contributed by atoms with E-state index in [1.807, 2.05) is 53.6 Å². The number of halogens is 1. The lowest BCUT2D eigenvalue weighted by Gasteiger charge is -2.36. The number of piperazine rings is 1. The molecule has 0 spiro atoms. The van der Waals surface area contributed by atoms with E-state index in [9.17, 15) is 4.79 Å². The summed E-state index contributed by atoms with van der Waals surface area (Å²) >= 11 is 6.47. The smallest absolute Gasteiger partial charge is 0.264 e. The maximum Gasteiger partial charge on any atom is 0.264 e. The zero-order valence-electron chi connectivity index (χ0n) is 17.9. The number of ether oxygens (including phenoxy) is 1. The van der Waals surface area contributed by atoms with Crippen LogP contribution in [0.1, 0.15) is 5.56 Å². The topological polar surface area (TPSA) is 74.4 Å². The number of benzene rings is 1. The maximum absolute atomic E-state index is 13.3. The van der Waals surface area contributed by atoms with Gasteiger partial charge in [0.15, 0.2) is 6.10 Å². The quantitative estimate of drug-likeness (QED) is 0.502. The fourth-order valence-corrected chi connectivity index (χ4v) is 5.00. The second-order valence-electron chi connectivity index (χ2n) is 8.35. The van der Waals surface area contributed by atoms with Crippen LogP contribution >= 0.6 is 11.6 Å². The number of hydrogen-bond acceptors (Lipinski definition) is 5. The van der Waals surface area contributed by atoms with Gasteiger partial charge in [-0.05, 0) is 42.0 Å². The number of H-pyrrole nitrogens is 1. The van der Waals surface area contributed by atoms with Crippen LogP contribution in [0.25, 0.3) is 22.2 Å². The summed E-state index contributed by atoms with van der Waals surface area (Å²) in [6.45, 7) is 2.80. The van der Waals surface area contributed by atoms with Gasteiger partial charge in [0.25, 0.3) is 5.91 Å². The zero-order chi connectivity index (χ0) is 22.4. The van der Waals surface area contributed by atoms with E-state index in [1.54, 1.807) is 12.4 Å². The minimum Gasteiger partial charge on any atom is -0.479 e. The van der Waals surface area contributed by atoms with E-state index < -0.39 is 6.10 Å². The summed E-state index contributed by atoms with van der Waals surface area (Å²) in [5.41, 5.74) is 3.64. The third-order valence-electron chi connectivity index (χ3n) is 6.39. The molecule has 1 fully saturated rings. The maximum atomic E-state index is 13.3. The van der Waals surface area contributed by atoms with Gasteiger partial charge in [-0.3, -0.25) is 4.79 Å². The number of carbonyl (C=O) groups excluding carboxylic acids is 1. The highest BCUT2D eigenvalue weighted by molar-refractivity contribution is 6.31. The third-order valence-corrected chi connectivity index (χ3v) is 6.60. The summed E-state index contributed by atoms with van der Waals surface area (Å²) in [5.74, 6) is 1.70. The van der Waals surface area contributed by atoms with E-state index in [4.69, 9.17) is 16.3 Å². The van der Waals surface area contributed by atoms with E-state index in [1.165, 1.54) is 0 Å². The Hall–Kier alpha value is -3.58. The van der Waals surface area contributed by atoms with E-state index in [0.717, 1.165) is 52.4 Å². The van der Waals surface area contributed by atoms with Crippen molar-refractivity contribution in [2.24, 2.45) is 0 Å². The molecule has 0 saturated carbocycles. The summed E-state index contributed by atoms with van der Waals surface area (Å²) in [4.78, 5) is 29.4. The largest absolute Gasteiger partial charge is 0.479 e. The van der Waals surface area contributed by atoms with Crippen molar-refractivity contribution in [3.05, 3.63) is 71.6 Å². The highest BCUT2D eigenvalue weighted by Crippen LogP contribution is 2.43. The molecule has 1 atom stereocenters. The molecule has 5 heterocycles. The number of anilines is 1. The van der Waals surface area contributed by atoms with E-state index >= 15 is 0 Å². The van der Waals surface area contributed by atoms with Crippen LogP contribution in [0.5, 0.6) is 5.75 Å². The molecule has 33 heavy (non-hydrogen) atoms. The monoisotopic (exact) mass is 459 g/mol. The second kappa shape index (κ2) is 8.08. The fraction of sp³-hybridized carbons (Fsp3) is 0.240. The van der Waals surface area contributed by atoms with Gasteiger partial charge in [0.05, 0.1) is 0 Å². The summed E-state index contributed by atoms with van der Waals surface area (Å²) in [6.07, 6.45) is 5.40. The highest BCUT2D eigenvalue weighted by atomic mass is 35.5. The molecule has 1 unspecified atom stereocenters. The Morgan fingerprint density at radius 3 is 2.73 bits per heavy atom. The van der Waals surface area contributed by atoms with Gasteiger partial charge in [0.1, 0.15) is 17.2 Å². The van der Waals surface area contributed by atoms with Gasteiger partial charge in [0.2, 0.25) is 0 Å². The van der Waals surface area contributed by atoms with Gasteiger partial charge in [0, 0.05) is 72.7 Å². The standard InChI is InChI=1S/C25H22ClN5O2/c26-17-13-16-14-21(25(32)31-11-9-30(10-12-31)22-3-1-2-6-27-22)33-23(16)20(15-17)18-4-7-28-24-19(18)5-8-29-24/h1-8,13,15,21H,9-12,14H2,(H,28,29). The van der Waals surface area contributed by atoms with Crippen LogP contribution in [0.2, 0.25) is 5.02 Å². The van der Waals surface area contributed by atoms with Crippen LogP contribution in [0.15, 0.2) is 61.1 Å². The Kier molecular flexibility index (Phi) is 4.91. The minimum atomic E-state index is -0.540. The van der Waals surface area contributed by atoms with E-state index in [-0.39, 0.29) is 5.91 Å². The number of pyridine rings is 2. The normalized spacial score (nSPS) is 17.8. The number of nitrogens with one attached hydrogen (secondary N) is 1. The number of nitrogens with zero attached hydrogens (tertiary/aromatic N) is 4. The van der Waals surface area contributed by atoms with Crippen LogP contribution in [0, 0.1) is 0 Å². The SMILES string of the molecule is O=C(C1Cc2cc(Cl)cc(-c3ccnc4[nH]ccc34)c2O1)N1CCN(c2ccccn2)CC1. The first-order valence-electron chi connectivity index (χ1n) is 11.0. The van der Waals surface area contributed by atoms with Crippen LogP contribution in [0.3, 0.4) is 0 Å². The molecule has 0 bridgehead atoms. The molecule has 2 aliphatic heterocycles. The highest BCUT2D eigenvalue weighted by Gasteiger charge is 2.35. The van der Waals surface area contributed by atoms with E-state index in [0.29, 0.717) is 24.5 Å². The molecule has 0 radical (unpaired) electrons. The molecule has 1 aromatic carbocycles. The predicted octanol–water partition coefficient (Wildman–Crippen LogP) is 3.93. The molecule has 1 N–H and O–H groups in total. The van der Waals surface area contributed by atoms with Crippen LogP contribution in [-0.2, 0) is 11.2 Å². The van der Waals surface area contributed by atoms with E-state index in [2.05, 4.69) is 19.9 Å². The molecule has 7 nitrogen and oxygen atoms in total. The molecule has 6 rings (SSSR count). The molecular weight excluding hydrogens is 438 g/mol. The van der Waals surface area contributed by atoms with Crippen molar-refractivity contribution in [1.29, 1.82) is 0 Å². The van der Waals surface area contributed by atoms with Gasteiger partial charge in [-0.1, -0.05) is 17.7 Å². The number of carbonyl (C=O) groups is 1. The Morgan fingerprint density at radius 2 is 1.91 bits per heavy atom. The van der Waals surface area contributed by atoms with Gasteiger partial charge in [-0.25, -0.2) is 9.97 Å². The summed E-state index contributed by atoms with van der Waals surface area (Å²) in [6, 6.07) is 13.6. The van der Waals surface area contributed by atoms with Gasteiger partial charge in [-0.15, -0.1) is 0 Å². The summed E-state index contributed by atoms with van der Waals surface area (Å²) in [7, 11) is 0. The average molecular weight is 460 g/mol. The van der Waals surface area contributed by atoms with Crippen molar-refractivity contribution in [3.63, 3.8) is 0 Å². The molecule has 0 aliphatic carbocycles. The number of aromatic nitrogens is 3. The molecular formula is C25H22ClN5O2. The van der Waals surface area contributed by atoms with Crippen LogP contribution < -0.4 is 9.64 Å². The number of rotatable bonds is 3. The molecule has 1 amide bonds. The lowest BCUT2D eigenvalue weighted by Crippen LogP contribution is -2.52. The van der Waals surface area contributed by atoms with Crippen LogP contribution in [-0.4, -0.2) is 58.0 Å². The molecule has 2 aliphatic rings. The molecule has 1 saturated heterocycles. The Morgan fingerprint density at radius 1 is 1.03 bits per heavy atom. The first kappa shape index (κ1) is 20.1. The first-order chi connectivity index (χ1) is 16.2. The third kappa shape index (κ3) is 3.58. The van der Waals surface area contributed by atoms with Crippen molar-refractivity contribution in [1.82, 2.24) is 19.9 Å². The minimum absolute atomic E-state index is 0.0236. The van der Waals surface area contributed by atoms with Crippen LogP contribution in [0.4, 0.5) is 5.82 Å². The average Bonchev–Trinajstić information content (AvgIpc) is 3.51. The number of amides is 1. The number of hydrogen-bond donors (Lipinski definition) is 1. The Balaban J connectivity index is 1.22. The van der Waals surface area contributed by atoms with Crippen molar-refractivity contribution >= 4 is 34.4 Å². The first-order valence-corrected chi connectivity index (χ1v) is 11.4.